The normalized spacial score (nSPS) is 21.0. The van der Waals surface area contributed by atoms with Gasteiger partial charge in [0.2, 0.25) is 5.95 Å². The van der Waals surface area contributed by atoms with Crippen LogP contribution in [0.5, 0.6) is 0 Å². The summed E-state index contributed by atoms with van der Waals surface area (Å²) < 4.78 is 13.1. The standard InChI is InChI=1S/C16H17FN4O/c1-9-15-12(8-19-22)6-11(7-14(15)21-16(18)20-9)10-2-4-13(17)5-3-10/h2-5,8,11-12,22H,6-7H2,1H3,(H2,18,20,21). The second-order valence-electron chi connectivity index (χ2n) is 5.59. The fraction of sp³-hybridized carbons (Fsp3) is 0.312. The summed E-state index contributed by atoms with van der Waals surface area (Å²) in [5, 5.41) is 12.1. The molecule has 2 aromatic rings. The monoisotopic (exact) mass is 300 g/mol. The molecular weight excluding hydrogens is 283 g/mol. The average Bonchev–Trinajstić information content (AvgIpc) is 2.47. The molecule has 1 aliphatic rings. The Kier molecular flexibility index (Phi) is 3.75. The highest BCUT2D eigenvalue weighted by atomic mass is 19.1. The Hall–Kier alpha value is -2.50. The third kappa shape index (κ3) is 2.64. The van der Waals surface area contributed by atoms with E-state index in [-0.39, 0.29) is 23.6 Å². The fourth-order valence-electron chi connectivity index (χ4n) is 3.25. The van der Waals surface area contributed by atoms with E-state index in [9.17, 15) is 4.39 Å². The third-order valence-electron chi connectivity index (χ3n) is 4.17. The number of nitrogens with zero attached hydrogens (tertiary/aromatic N) is 3. The van der Waals surface area contributed by atoms with Crippen LogP contribution in [0.2, 0.25) is 0 Å². The predicted octanol–water partition coefficient (Wildman–Crippen LogP) is 2.78. The second-order valence-corrected chi connectivity index (χ2v) is 5.59. The number of oxime groups is 1. The Morgan fingerprint density at radius 2 is 2.05 bits per heavy atom. The van der Waals surface area contributed by atoms with Gasteiger partial charge in [0.05, 0.1) is 11.9 Å². The van der Waals surface area contributed by atoms with E-state index in [1.54, 1.807) is 12.1 Å². The first-order chi connectivity index (χ1) is 10.6. The van der Waals surface area contributed by atoms with Crippen LogP contribution in [0.4, 0.5) is 10.3 Å². The van der Waals surface area contributed by atoms with Gasteiger partial charge in [0.15, 0.2) is 0 Å². The number of anilines is 1. The van der Waals surface area contributed by atoms with E-state index in [1.165, 1.54) is 18.3 Å². The fourth-order valence-corrected chi connectivity index (χ4v) is 3.25. The largest absolute Gasteiger partial charge is 0.411 e. The number of hydrogen-bond acceptors (Lipinski definition) is 5. The van der Waals surface area contributed by atoms with Crippen LogP contribution in [0.1, 0.15) is 40.8 Å². The maximum atomic E-state index is 13.1. The van der Waals surface area contributed by atoms with E-state index in [4.69, 9.17) is 10.9 Å². The number of aromatic nitrogens is 2. The van der Waals surface area contributed by atoms with E-state index >= 15 is 0 Å². The molecule has 2 atom stereocenters. The van der Waals surface area contributed by atoms with Crippen molar-refractivity contribution in [2.24, 2.45) is 5.16 Å². The van der Waals surface area contributed by atoms with Gasteiger partial charge in [-0.15, -0.1) is 5.16 Å². The minimum atomic E-state index is -0.254. The van der Waals surface area contributed by atoms with E-state index in [1.807, 2.05) is 6.92 Å². The highest BCUT2D eigenvalue weighted by Crippen LogP contribution is 2.39. The van der Waals surface area contributed by atoms with Crippen LogP contribution in [0.15, 0.2) is 29.4 Å². The van der Waals surface area contributed by atoms with Gasteiger partial charge in [0.25, 0.3) is 0 Å². The molecule has 6 heteroatoms. The molecule has 22 heavy (non-hydrogen) atoms. The van der Waals surface area contributed by atoms with Gasteiger partial charge in [0, 0.05) is 17.2 Å². The molecule has 1 aliphatic carbocycles. The summed E-state index contributed by atoms with van der Waals surface area (Å²) in [5.41, 5.74) is 9.45. The van der Waals surface area contributed by atoms with Gasteiger partial charge in [-0.05, 0) is 43.4 Å². The third-order valence-corrected chi connectivity index (χ3v) is 4.17. The van der Waals surface area contributed by atoms with Gasteiger partial charge < -0.3 is 10.9 Å². The van der Waals surface area contributed by atoms with Crippen molar-refractivity contribution in [1.82, 2.24) is 9.97 Å². The summed E-state index contributed by atoms with van der Waals surface area (Å²) in [4.78, 5) is 8.55. The average molecular weight is 300 g/mol. The van der Waals surface area contributed by atoms with Crippen LogP contribution in [0.25, 0.3) is 0 Å². The van der Waals surface area contributed by atoms with E-state index in [2.05, 4.69) is 15.1 Å². The Morgan fingerprint density at radius 1 is 1.32 bits per heavy atom. The van der Waals surface area contributed by atoms with E-state index in [0.717, 1.165) is 28.9 Å². The quantitative estimate of drug-likeness (QED) is 0.507. The van der Waals surface area contributed by atoms with Crippen molar-refractivity contribution >= 4 is 12.2 Å². The molecule has 1 heterocycles. The van der Waals surface area contributed by atoms with Crippen LogP contribution in [-0.4, -0.2) is 21.4 Å². The lowest BCUT2D eigenvalue weighted by Crippen LogP contribution is -2.22. The van der Waals surface area contributed by atoms with Crippen molar-refractivity contribution in [2.75, 3.05) is 5.73 Å². The summed E-state index contributed by atoms with van der Waals surface area (Å²) >= 11 is 0. The molecule has 3 rings (SSSR count). The number of halogens is 1. The lowest BCUT2D eigenvalue weighted by atomic mass is 9.76. The number of nitrogens with two attached hydrogens (primary N) is 1. The highest BCUT2D eigenvalue weighted by molar-refractivity contribution is 5.69. The van der Waals surface area contributed by atoms with Crippen LogP contribution in [-0.2, 0) is 6.42 Å². The lowest BCUT2D eigenvalue weighted by Gasteiger charge is -2.30. The molecule has 5 nitrogen and oxygen atoms in total. The molecule has 0 fully saturated rings. The minimum absolute atomic E-state index is 0.0793. The van der Waals surface area contributed by atoms with Gasteiger partial charge in [-0.2, -0.15) is 0 Å². The van der Waals surface area contributed by atoms with Crippen molar-refractivity contribution in [3.8, 4) is 0 Å². The zero-order valence-electron chi connectivity index (χ0n) is 12.2. The highest BCUT2D eigenvalue weighted by Gasteiger charge is 2.30. The molecule has 0 amide bonds. The SMILES string of the molecule is Cc1nc(N)nc2c1C(C=NO)CC(c1ccc(F)cc1)C2. The number of aryl methyl sites for hydroxylation is 1. The molecule has 0 aliphatic heterocycles. The zero-order chi connectivity index (χ0) is 15.7. The molecule has 3 N–H and O–H groups in total. The molecule has 0 bridgehead atoms. The van der Waals surface area contributed by atoms with Gasteiger partial charge in [0.1, 0.15) is 5.82 Å². The first-order valence-electron chi connectivity index (χ1n) is 7.14. The van der Waals surface area contributed by atoms with Crippen LogP contribution in [0.3, 0.4) is 0 Å². The summed E-state index contributed by atoms with van der Waals surface area (Å²) in [6.45, 7) is 1.88. The number of fused-ring (bicyclic) bond motifs is 1. The zero-order valence-corrected chi connectivity index (χ0v) is 12.2. The van der Waals surface area contributed by atoms with Crippen LogP contribution >= 0.6 is 0 Å². The van der Waals surface area contributed by atoms with Gasteiger partial charge >= 0.3 is 0 Å². The molecule has 114 valence electrons. The molecule has 1 aromatic heterocycles. The number of rotatable bonds is 2. The Labute approximate surface area is 127 Å². The molecule has 1 aromatic carbocycles. The van der Waals surface area contributed by atoms with Gasteiger partial charge in [-0.1, -0.05) is 12.1 Å². The van der Waals surface area contributed by atoms with Crippen molar-refractivity contribution in [2.45, 2.75) is 31.6 Å². The summed E-state index contributed by atoms with van der Waals surface area (Å²) in [6.07, 6.45) is 2.97. The van der Waals surface area contributed by atoms with Crippen LogP contribution < -0.4 is 5.73 Å². The van der Waals surface area contributed by atoms with Crippen molar-refractivity contribution in [3.63, 3.8) is 0 Å². The molecule has 0 radical (unpaired) electrons. The maximum Gasteiger partial charge on any atom is 0.220 e. The Morgan fingerprint density at radius 3 is 2.73 bits per heavy atom. The summed E-state index contributed by atoms with van der Waals surface area (Å²) in [5.74, 6) is 0.0840. The maximum absolute atomic E-state index is 13.1. The predicted molar refractivity (Wildman–Crippen MR) is 81.7 cm³/mol. The second kappa shape index (κ2) is 5.71. The first-order valence-corrected chi connectivity index (χ1v) is 7.14. The van der Waals surface area contributed by atoms with E-state index < -0.39 is 0 Å². The number of nitrogen functional groups attached to an aromatic ring is 1. The number of hydrogen-bond donors (Lipinski definition) is 2. The summed E-state index contributed by atoms with van der Waals surface area (Å²) in [6, 6.07) is 6.49. The molecule has 2 unspecified atom stereocenters. The van der Waals surface area contributed by atoms with Gasteiger partial charge in [-0.3, -0.25) is 0 Å². The molecule has 0 spiro atoms. The Balaban J connectivity index is 2.03. The minimum Gasteiger partial charge on any atom is -0.411 e. The van der Waals surface area contributed by atoms with Gasteiger partial charge in [-0.25, -0.2) is 14.4 Å². The number of benzene rings is 1. The molecule has 0 saturated heterocycles. The molecule has 0 saturated carbocycles. The smallest absolute Gasteiger partial charge is 0.220 e. The van der Waals surface area contributed by atoms with Crippen LogP contribution in [0, 0.1) is 12.7 Å². The first kappa shape index (κ1) is 14.4. The van der Waals surface area contributed by atoms with Crippen molar-refractivity contribution in [1.29, 1.82) is 0 Å². The lowest BCUT2D eigenvalue weighted by molar-refractivity contribution is 0.318. The van der Waals surface area contributed by atoms with Crippen molar-refractivity contribution < 1.29 is 9.60 Å². The summed E-state index contributed by atoms with van der Waals surface area (Å²) in [7, 11) is 0. The van der Waals surface area contributed by atoms with Crippen molar-refractivity contribution in [3.05, 3.63) is 52.6 Å². The molecular formula is C16H17FN4O. The van der Waals surface area contributed by atoms with E-state index in [0.29, 0.717) is 6.42 Å². The Bertz CT molecular complexity index is 715. The topological polar surface area (TPSA) is 84.4 Å².